The maximum atomic E-state index is 9.02. The van der Waals surface area contributed by atoms with Gasteiger partial charge in [0.25, 0.3) is 0 Å². The third-order valence-corrected chi connectivity index (χ3v) is 0.118. The molecule has 7 heavy (non-hydrogen) atoms. The largest absolute Gasteiger partial charge is 1.00 e. The monoisotopic (exact) mass is 112 g/mol. The first-order chi connectivity index (χ1) is 2.27. The number of hydrogen-bond donors (Lipinski definition) is 2. The van der Waals surface area contributed by atoms with Crippen LogP contribution in [-0.4, -0.2) is 14.5 Å². The zero-order chi connectivity index (χ0) is 4.28. The molecule has 0 aliphatic rings. The van der Waals surface area contributed by atoms with Crippen molar-refractivity contribution in [2.45, 2.75) is 0 Å². The number of nitrogens with two attached hydrogens (primary N) is 1. The first-order valence-corrected chi connectivity index (χ1v) is 0.947. The molecule has 0 saturated heterocycles. The van der Waals surface area contributed by atoms with Crippen LogP contribution in [0.25, 0.3) is 0 Å². The van der Waals surface area contributed by atoms with Crippen molar-refractivity contribution in [1.82, 2.24) is 5.43 Å². The second-order valence-corrected chi connectivity index (χ2v) is 0.432. The first-order valence-electron chi connectivity index (χ1n) is 0.947. The first kappa shape index (κ1) is 15.7. The molecule has 0 aromatic rings. The molecule has 0 heterocycles. The molecule has 0 aliphatic heterocycles. The van der Waals surface area contributed by atoms with Crippen molar-refractivity contribution in [2.75, 3.05) is 0 Å². The Labute approximate surface area is 65.3 Å². The summed E-state index contributed by atoms with van der Waals surface area (Å²) in [6.07, 6.45) is -1.47. The van der Waals surface area contributed by atoms with Crippen molar-refractivity contribution in [3.8, 4) is 0 Å². The van der Waals surface area contributed by atoms with Crippen molar-refractivity contribution in [3.05, 3.63) is 0 Å². The van der Waals surface area contributed by atoms with Crippen LogP contribution in [0.4, 0.5) is 4.79 Å². The predicted octanol–water partition coefficient (Wildman–Crippen LogP) is -6.39. The number of hydrazine groups is 1. The van der Waals surface area contributed by atoms with Crippen LogP contribution in [0.1, 0.15) is 0 Å². The Morgan fingerprint density at radius 1 is 1.71 bits per heavy atom. The van der Waals surface area contributed by atoms with E-state index in [4.69, 9.17) is 9.90 Å². The van der Waals surface area contributed by atoms with Crippen LogP contribution in [-0.2, 0) is 0 Å². The summed E-state index contributed by atoms with van der Waals surface area (Å²) in [5.41, 5.74) is 1.33. The molecule has 0 radical (unpaired) electrons. The van der Waals surface area contributed by atoms with Gasteiger partial charge in [-0.2, -0.15) is 0 Å². The van der Waals surface area contributed by atoms with E-state index in [-0.39, 0.29) is 38.0 Å². The normalized spacial score (nSPS) is 4.71. The molecule has 6 heteroatoms. The van der Waals surface area contributed by atoms with Crippen LogP contribution >= 0.6 is 0 Å². The van der Waals surface area contributed by atoms with E-state index in [0.717, 1.165) is 0 Å². The third kappa shape index (κ3) is 22.0. The predicted molar refractivity (Wildman–Crippen MR) is 22.7 cm³/mol. The van der Waals surface area contributed by atoms with Gasteiger partial charge >= 0.3 is 29.6 Å². The number of carbonyl (C=O) groups excluding carboxylic acids is 1. The van der Waals surface area contributed by atoms with Crippen LogP contribution in [0.5, 0.6) is 0 Å². The minimum absolute atomic E-state index is 0. The Balaban J connectivity index is -0.0000000800. The van der Waals surface area contributed by atoms with E-state index < -0.39 is 6.09 Å². The molecule has 3 N–H and O–H groups in total. The third-order valence-electron chi connectivity index (χ3n) is 0.118. The Bertz CT molecular complexity index is 51.0. The quantitative estimate of drug-likeness (QED) is 0.141. The van der Waals surface area contributed by atoms with E-state index >= 15 is 0 Å². The van der Waals surface area contributed by atoms with Gasteiger partial charge in [0.05, 0.1) is 8.41 Å². The molecule has 1 amide bonds. The topological polar surface area (TPSA) is 78.2 Å². The van der Waals surface area contributed by atoms with Gasteiger partial charge in [-0.1, -0.05) is 0 Å². The van der Waals surface area contributed by atoms with Gasteiger partial charge < -0.3 is 15.3 Å². The molecule has 0 aliphatic carbocycles. The fourth-order valence-corrected chi connectivity index (χ4v) is 0. The smallest absolute Gasteiger partial charge is 0.529 e. The average Bonchev–Trinajstić information content (AvgIpc) is 1.38. The van der Waals surface area contributed by atoms with Crippen molar-refractivity contribution >= 4 is 14.5 Å². The van der Waals surface area contributed by atoms with Gasteiger partial charge in [-0.3, -0.25) is 0 Å². The molecule has 0 unspecified atom stereocenters. The Hall–Kier alpha value is 0.295. The van der Waals surface area contributed by atoms with Crippen LogP contribution < -0.4 is 45.9 Å². The summed E-state index contributed by atoms with van der Waals surface area (Å²) < 4.78 is 0. The molecule has 0 fully saturated rings. The molecular weight excluding hydrogens is 106 g/mol. The van der Waals surface area contributed by atoms with Gasteiger partial charge in [-0.15, -0.1) is 0 Å². The van der Waals surface area contributed by atoms with Crippen molar-refractivity contribution in [1.29, 1.82) is 0 Å². The number of carbonyl (C=O) groups is 1. The molecule has 0 saturated carbocycles. The number of amides is 1. The zero-order valence-corrected chi connectivity index (χ0v) is 5.39. The van der Waals surface area contributed by atoms with Crippen molar-refractivity contribution in [3.63, 3.8) is 0 Å². The van der Waals surface area contributed by atoms with Crippen LogP contribution in [0.15, 0.2) is 0 Å². The van der Waals surface area contributed by atoms with E-state index in [1.54, 1.807) is 0 Å². The number of nitrogens with one attached hydrogen (secondary N) is 1. The molecule has 4 nitrogen and oxygen atoms in total. The van der Waals surface area contributed by atoms with E-state index in [1.165, 1.54) is 5.43 Å². The minimum atomic E-state index is -1.47. The van der Waals surface area contributed by atoms with Gasteiger partial charge in [0.15, 0.2) is 0 Å². The van der Waals surface area contributed by atoms with Gasteiger partial charge in [0.2, 0.25) is 0 Å². The molecule has 0 rings (SSSR count). The molecule has 0 bridgehead atoms. The Morgan fingerprint density at radius 3 is 1.86 bits per heavy atom. The number of rotatable bonds is 0. The van der Waals surface area contributed by atoms with Crippen LogP contribution in [0.2, 0.25) is 0 Å². The fourth-order valence-electron chi connectivity index (χ4n) is 0. The van der Waals surface area contributed by atoms with E-state index in [9.17, 15) is 0 Å². The standard InChI is InChI=1S/CH4N2O2.BH3.Na/c2-3-1(4)5;;/h3H,2H2,(H,4,5);1H3;/q;;+1/p-1. The van der Waals surface area contributed by atoms with Crippen molar-refractivity contribution in [2.24, 2.45) is 5.84 Å². The van der Waals surface area contributed by atoms with Gasteiger partial charge in [0, 0.05) is 0 Å². The van der Waals surface area contributed by atoms with Gasteiger partial charge in [0.1, 0.15) is 6.09 Å². The maximum absolute atomic E-state index is 9.02. The average molecular weight is 112 g/mol. The summed E-state index contributed by atoms with van der Waals surface area (Å²) in [5.74, 6) is 4.26. The second kappa shape index (κ2) is 9.57. The zero-order valence-electron chi connectivity index (χ0n) is 3.39. The summed E-state index contributed by atoms with van der Waals surface area (Å²) >= 11 is 0. The van der Waals surface area contributed by atoms with E-state index in [0.29, 0.717) is 0 Å². The fraction of sp³-hybridized carbons (Fsp3) is 0. The van der Waals surface area contributed by atoms with Crippen LogP contribution in [0, 0.1) is 0 Å². The van der Waals surface area contributed by atoms with E-state index in [2.05, 4.69) is 5.84 Å². The number of hydrogen-bond acceptors (Lipinski definition) is 3. The van der Waals surface area contributed by atoms with Gasteiger partial charge in [-0.25, -0.2) is 5.84 Å². The number of carboxylic acid groups (broad SMARTS) is 1. The summed E-state index contributed by atoms with van der Waals surface area (Å²) in [6, 6.07) is 0. The summed E-state index contributed by atoms with van der Waals surface area (Å²) in [4.78, 5) is 9.02. The van der Waals surface area contributed by atoms with Crippen molar-refractivity contribution < 1.29 is 39.5 Å². The maximum Gasteiger partial charge on any atom is 1.00 e. The second-order valence-electron chi connectivity index (χ2n) is 0.432. The molecule has 0 aromatic heterocycles. The summed E-state index contributed by atoms with van der Waals surface area (Å²) in [6.45, 7) is 0. The van der Waals surface area contributed by atoms with E-state index in [1.807, 2.05) is 0 Å². The Morgan fingerprint density at radius 2 is 1.86 bits per heavy atom. The summed E-state index contributed by atoms with van der Waals surface area (Å²) in [5, 5.41) is 9.02. The van der Waals surface area contributed by atoms with Gasteiger partial charge in [-0.05, 0) is 0 Å². The molecule has 0 aromatic carbocycles. The Kier molecular flexibility index (Phi) is 21.4. The molecular formula is CH6BN2NaO2. The summed E-state index contributed by atoms with van der Waals surface area (Å²) in [7, 11) is 0. The molecule has 0 spiro atoms. The minimum Gasteiger partial charge on any atom is -0.529 e. The molecule has 0 atom stereocenters. The van der Waals surface area contributed by atoms with Crippen LogP contribution in [0.3, 0.4) is 0 Å². The molecule has 36 valence electrons. The SMILES string of the molecule is B.NNC(=O)[O-].[Na+].